The number of rotatable bonds is 2. The number of nitrogens with one attached hydrogen (secondary N) is 1. The average Bonchev–Trinajstić information content (AvgIpc) is 2.76. The van der Waals surface area contributed by atoms with E-state index in [2.05, 4.69) is 5.48 Å². The van der Waals surface area contributed by atoms with Crippen molar-refractivity contribution in [2.45, 2.75) is 24.7 Å². The molecule has 1 fully saturated rings. The van der Waals surface area contributed by atoms with Crippen molar-refractivity contribution >= 4 is 6.29 Å². The minimum Gasteiger partial charge on any atom is -0.302 e. The topological polar surface area (TPSA) is 38.3 Å². The summed E-state index contributed by atoms with van der Waals surface area (Å²) in [6.45, 7) is 0. The lowest BCUT2D eigenvalue weighted by Crippen LogP contribution is -2.20. The van der Waals surface area contributed by atoms with Crippen LogP contribution in [0.1, 0.15) is 23.7 Å². The van der Waals surface area contributed by atoms with Gasteiger partial charge in [0, 0.05) is 6.42 Å². The molecule has 3 nitrogen and oxygen atoms in total. The molecule has 92 valence electrons. The fraction of sp³-hybridized carbons (Fsp3) is 0.364. The molecule has 2 rings (SSSR count). The van der Waals surface area contributed by atoms with E-state index in [4.69, 9.17) is 4.84 Å². The Bertz CT molecular complexity index is 402. The van der Waals surface area contributed by atoms with Crippen molar-refractivity contribution in [2.75, 3.05) is 0 Å². The van der Waals surface area contributed by atoms with E-state index in [-0.39, 0.29) is 6.10 Å². The zero-order chi connectivity index (χ0) is 12.5. The number of carbonyl (C=O) groups excluding carboxylic acids is 1. The maximum Gasteiger partial charge on any atom is 0.416 e. The van der Waals surface area contributed by atoms with Gasteiger partial charge >= 0.3 is 6.18 Å². The van der Waals surface area contributed by atoms with E-state index in [1.54, 1.807) is 0 Å². The molecule has 1 aliphatic rings. The molecule has 2 unspecified atom stereocenters. The molecule has 0 radical (unpaired) electrons. The van der Waals surface area contributed by atoms with E-state index in [0.717, 1.165) is 12.1 Å². The molecule has 1 aromatic carbocycles. The van der Waals surface area contributed by atoms with Gasteiger partial charge in [0.2, 0.25) is 0 Å². The lowest BCUT2D eigenvalue weighted by molar-refractivity contribution is -0.137. The summed E-state index contributed by atoms with van der Waals surface area (Å²) in [6.07, 6.45) is -3.58. The molecule has 1 heterocycles. The third-order valence-electron chi connectivity index (χ3n) is 2.60. The predicted octanol–water partition coefficient (Wildman–Crippen LogP) is 2.24. The standard InChI is InChI=1S/C11H10F3NO2/c12-11(13,14)8-3-1-7(2-4-8)10-5-9(6-16)15-17-10/h1-4,6,9-10,15H,5H2. The van der Waals surface area contributed by atoms with Crippen molar-refractivity contribution in [3.63, 3.8) is 0 Å². The van der Waals surface area contributed by atoms with E-state index in [1.807, 2.05) is 0 Å². The second-order valence-electron chi connectivity index (χ2n) is 3.82. The van der Waals surface area contributed by atoms with E-state index < -0.39 is 17.8 Å². The summed E-state index contributed by atoms with van der Waals surface area (Å²) in [4.78, 5) is 15.6. The number of hydrogen-bond donors (Lipinski definition) is 1. The van der Waals surface area contributed by atoms with Gasteiger partial charge in [0.15, 0.2) is 0 Å². The highest BCUT2D eigenvalue weighted by molar-refractivity contribution is 5.57. The summed E-state index contributed by atoms with van der Waals surface area (Å²) in [6, 6.07) is 4.34. The maximum absolute atomic E-state index is 12.3. The fourth-order valence-corrected chi connectivity index (χ4v) is 1.67. The van der Waals surface area contributed by atoms with Crippen molar-refractivity contribution in [2.24, 2.45) is 0 Å². The first-order valence-corrected chi connectivity index (χ1v) is 5.04. The van der Waals surface area contributed by atoms with Crippen LogP contribution in [-0.2, 0) is 15.8 Å². The number of halogens is 3. The Morgan fingerprint density at radius 1 is 1.29 bits per heavy atom. The van der Waals surface area contributed by atoms with Crippen LogP contribution in [0, 0.1) is 0 Å². The van der Waals surface area contributed by atoms with Crippen LogP contribution in [0.25, 0.3) is 0 Å². The summed E-state index contributed by atoms with van der Waals surface area (Å²) in [5.74, 6) is 0. The first kappa shape index (κ1) is 12.1. The van der Waals surface area contributed by atoms with Crippen molar-refractivity contribution in [3.05, 3.63) is 35.4 Å². The van der Waals surface area contributed by atoms with Gasteiger partial charge in [0.05, 0.1) is 11.6 Å². The highest BCUT2D eigenvalue weighted by Crippen LogP contribution is 2.32. The summed E-state index contributed by atoms with van der Waals surface area (Å²) in [5, 5.41) is 0. The van der Waals surface area contributed by atoms with Crippen LogP contribution >= 0.6 is 0 Å². The zero-order valence-electron chi connectivity index (χ0n) is 8.70. The Labute approximate surface area is 95.5 Å². The van der Waals surface area contributed by atoms with Gasteiger partial charge in [-0.05, 0) is 17.7 Å². The normalized spacial score (nSPS) is 24.9. The molecule has 0 aromatic heterocycles. The van der Waals surface area contributed by atoms with Gasteiger partial charge in [-0.2, -0.15) is 18.7 Å². The molecule has 1 N–H and O–H groups in total. The predicted molar refractivity (Wildman–Crippen MR) is 52.9 cm³/mol. The number of hydrogen-bond acceptors (Lipinski definition) is 3. The van der Waals surface area contributed by atoms with Gasteiger partial charge in [-0.3, -0.25) is 4.84 Å². The second kappa shape index (κ2) is 4.46. The van der Waals surface area contributed by atoms with Crippen LogP contribution in [0.5, 0.6) is 0 Å². The number of carbonyl (C=O) groups is 1. The van der Waals surface area contributed by atoms with Crippen LogP contribution in [0.15, 0.2) is 24.3 Å². The molecular formula is C11H10F3NO2. The van der Waals surface area contributed by atoms with Crippen molar-refractivity contribution in [1.82, 2.24) is 5.48 Å². The highest BCUT2D eigenvalue weighted by atomic mass is 19.4. The van der Waals surface area contributed by atoms with Gasteiger partial charge in [-0.1, -0.05) is 12.1 Å². The minimum atomic E-state index is -4.33. The third-order valence-corrected chi connectivity index (χ3v) is 2.60. The molecule has 2 atom stereocenters. The van der Waals surface area contributed by atoms with Crippen LogP contribution < -0.4 is 5.48 Å². The first-order chi connectivity index (χ1) is 8.00. The maximum atomic E-state index is 12.3. The lowest BCUT2D eigenvalue weighted by Gasteiger charge is -2.10. The van der Waals surface area contributed by atoms with Gasteiger partial charge < -0.3 is 4.79 Å². The van der Waals surface area contributed by atoms with Crippen LogP contribution in [-0.4, -0.2) is 12.3 Å². The molecule has 0 amide bonds. The molecule has 17 heavy (non-hydrogen) atoms. The van der Waals surface area contributed by atoms with Gasteiger partial charge in [-0.15, -0.1) is 0 Å². The van der Waals surface area contributed by atoms with Crippen LogP contribution in [0.3, 0.4) is 0 Å². The largest absolute Gasteiger partial charge is 0.416 e. The number of aldehydes is 1. The summed E-state index contributed by atoms with van der Waals surface area (Å²) < 4.78 is 37.0. The van der Waals surface area contributed by atoms with E-state index in [9.17, 15) is 18.0 Å². The average molecular weight is 245 g/mol. The van der Waals surface area contributed by atoms with Gasteiger partial charge in [-0.25, -0.2) is 0 Å². The van der Waals surface area contributed by atoms with E-state index in [1.165, 1.54) is 12.1 Å². The SMILES string of the molecule is O=CC1CC(c2ccc(C(F)(F)F)cc2)ON1. The molecule has 0 spiro atoms. The molecule has 1 aromatic rings. The second-order valence-corrected chi connectivity index (χ2v) is 3.82. The van der Waals surface area contributed by atoms with Crippen molar-refractivity contribution in [1.29, 1.82) is 0 Å². The zero-order valence-corrected chi connectivity index (χ0v) is 8.70. The Morgan fingerprint density at radius 2 is 1.94 bits per heavy atom. The Hall–Kier alpha value is -1.40. The Morgan fingerprint density at radius 3 is 2.41 bits per heavy atom. The van der Waals surface area contributed by atoms with Crippen LogP contribution in [0.4, 0.5) is 13.2 Å². The monoisotopic (exact) mass is 245 g/mol. The van der Waals surface area contributed by atoms with Gasteiger partial charge in [0.1, 0.15) is 12.4 Å². The molecule has 1 aliphatic heterocycles. The Balaban J connectivity index is 2.11. The summed E-state index contributed by atoms with van der Waals surface area (Å²) in [7, 11) is 0. The number of hydroxylamine groups is 1. The fourth-order valence-electron chi connectivity index (χ4n) is 1.67. The number of alkyl halides is 3. The smallest absolute Gasteiger partial charge is 0.302 e. The molecule has 6 heteroatoms. The lowest BCUT2D eigenvalue weighted by atomic mass is 10.0. The molecule has 0 saturated carbocycles. The molecular weight excluding hydrogens is 235 g/mol. The first-order valence-electron chi connectivity index (χ1n) is 5.04. The third kappa shape index (κ3) is 2.65. The quantitative estimate of drug-likeness (QED) is 0.812. The molecule has 0 aliphatic carbocycles. The van der Waals surface area contributed by atoms with Crippen molar-refractivity contribution in [3.8, 4) is 0 Å². The molecule has 1 saturated heterocycles. The van der Waals surface area contributed by atoms with Crippen LogP contribution in [0.2, 0.25) is 0 Å². The summed E-state index contributed by atoms with van der Waals surface area (Å²) >= 11 is 0. The number of benzene rings is 1. The van der Waals surface area contributed by atoms with E-state index in [0.29, 0.717) is 18.3 Å². The highest BCUT2D eigenvalue weighted by Gasteiger charge is 2.31. The van der Waals surface area contributed by atoms with Crippen molar-refractivity contribution < 1.29 is 22.8 Å². The molecule has 0 bridgehead atoms. The van der Waals surface area contributed by atoms with E-state index >= 15 is 0 Å². The van der Waals surface area contributed by atoms with Gasteiger partial charge in [0.25, 0.3) is 0 Å². The Kier molecular flexibility index (Phi) is 3.17. The minimum absolute atomic E-state index is 0.382. The summed E-state index contributed by atoms with van der Waals surface area (Å²) in [5.41, 5.74) is 2.43.